The fraction of sp³-hybridized carbons (Fsp3) is 0.130. The molecule has 2 heterocycles. The van der Waals surface area contributed by atoms with Crippen LogP contribution in [-0.2, 0) is 4.79 Å². The van der Waals surface area contributed by atoms with E-state index in [-0.39, 0.29) is 16.6 Å². The number of anilines is 1. The van der Waals surface area contributed by atoms with Crippen LogP contribution in [0.1, 0.15) is 12.5 Å². The maximum absolute atomic E-state index is 13.4. The van der Waals surface area contributed by atoms with Gasteiger partial charge in [0.25, 0.3) is 5.56 Å². The van der Waals surface area contributed by atoms with Crippen LogP contribution < -0.4 is 10.9 Å². The van der Waals surface area contributed by atoms with Crippen LogP contribution in [0.5, 0.6) is 0 Å². The Hall–Kier alpha value is -2.87. The van der Waals surface area contributed by atoms with E-state index in [1.54, 1.807) is 43.5 Å². The van der Waals surface area contributed by atoms with Gasteiger partial charge in [0.05, 0.1) is 27.5 Å². The SMILES string of the molecule is Cc1cccc(-n2c(SC(C)C(=O)Nc3cccnc3Cl)nc3cc(Cl)ccc3c2=O)c1. The highest BCUT2D eigenvalue weighted by atomic mass is 35.5. The number of rotatable bonds is 5. The predicted octanol–water partition coefficient (Wildman–Crippen LogP) is 5.52. The Bertz CT molecular complexity index is 1390. The summed E-state index contributed by atoms with van der Waals surface area (Å²) in [5, 5.41) is 3.70. The van der Waals surface area contributed by atoms with Gasteiger partial charge in [0, 0.05) is 11.2 Å². The monoisotopic (exact) mass is 484 g/mol. The largest absolute Gasteiger partial charge is 0.322 e. The Morgan fingerprint density at radius 3 is 2.69 bits per heavy atom. The minimum absolute atomic E-state index is 0.202. The van der Waals surface area contributed by atoms with Crippen molar-refractivity contribution in [3.8, 4) is 5.69 Å². The third-order valence-corrected chi connectivity index (χ3v) is 6.32. The quantitative estimate of drug-likeness (QED) is 0.229. The van der Waals surface area contributed by atoms with Crippen LogP contribution in [0.4, 0.5) is 5.69 Å². The molecule has 0 spiro atoms. The predicted molar refractivity (Wildman–Crippen MR) is 130 cm³/mol. The molecule has 1 unspecified atom stereocenters. The third kappa shape index (κ3) is 4.65. The Kier molecular flexibility index (Phi) is 6.50. The summed E-state index contributed by atoms with van der Waals surface area (Å²) in [4.78, 5) is 34.9. The van der Waals surface area contributed by atoms with Crippen LogP contribution in [-0.4, -0.2) is 25.7 Å². The lowest BCUT2D eigenvalue weighted by atomic mass is 10.2. The van der Waals surface area contributed by atoms with Crippen molar-refractivity contribution in [2.75, 3.05) is 5.32 Å². The number of pyridine rings is 1. The molecule has 0 saturated carbocycles. The number of carbonyl (C=O) groups is 1. The summed E-state index contributed by atoms with van der Waals surface area (Å²) in [5.41, 5.74) is 2.32. The maximum Gasteiger partial charge on any atom is 0.266 e. The van der Waals surface area contributed by atoms with Crippen molar-refractivity contribution in [2.45, 2.75) is 24.3 Å². The number of thioether (sulfide) groups is 1. The molecule has 0 bridgehead atoms. The highest BCUT2D eigenvalue weighted by molar-refractivity contribution is 8.00. The molecule has 0 aliphatic rings. The van der Waals surface area contributed by atoms with E-state index >= 15 is 0 Å². The van der Waals surface area contributed by atoms with Crippen molar-refractivity contribution < 1.29 is 4.79 Å². The minimum atomic E-state index is -0.578. The highest BCUT2D eigenvalue weighted by Gasteiger charge is 2.21. The molecule has 1 amide bonds. The first-order valence-electron chi connectivity index (χ1n) is 9.71. The van der Waals surface area contributed by atoms with E-state index in [0.29, 0.717) is 32.5 Å². The van der Waals surface area contributed by atoms with Gasteiger partial charge in [0.1, 0.15) is 0 Å². The van der Waals surface area contributed by atoms with Crippen molar-refractivity contribution in [3.05, 3.63) is 86.9 Å². The van der Waals surface area contributed by atoms with E-state index in [2.05, 4.69) is 15.3 Å². The second-order valence-electron chi connectivity index (χ2n) is 7.13. The van der Waals surface area contributed by atoms with Gasteiger partial charge in [-0.1, -0.05) is 47.1 Å². The number of aromatic nitrogens is 3. The van der Waals surface area contributed by atoms with E-state index in [9.17, 15) is 9.59 Å². The smallest absolute Gasteiger partial charge is 0.266 e. The lowest BCUT2D eigenvalue weighted by Crippen LogP contribution is -2.26. The van der Waals surface area contributed by atoms with Gasteiger partial charge in [-0.05, 0) is 61.9 Å². The molecule has 0 aliphatic heterocycles. The van der Waals surface area contributed by atoms with Gasteiger partial charge in [0.2, 0.25) is 5.91 Å². The number of aryl methyl sites for hydroxylation is 1. The Labute approximate surface area is 198 Å². The molecule has 2 aromatic heterocycles. The summed E-state index contributed by atoms with van der Waals surface area (Å²) in [6.45, 7) is 3.68. The average Bonchev–Trinajstić information content (AvgIpc) is 2.75. The summed E-state index contributed by atoms with van der Waals surface area (Å²) >= 11 is 13.3. The molecule has 1 N–H and O–H groups in total. The normalized spacial score (nSPS) is 12.0. The fourth-order valence-corrected chi connectivity index (χ4v) is 4.40. The van der Waals surface area contributed by atoms with Crippen LogP contribution in [0.3, 0.4) is 0 Å². The fourth-order valence-electron chi connectivity index (χ4n) is 3.14. The lowest BCUT2D eigenvalue weighted by Gasteiger charge is -2.17. The minimum Gasteiger partial charge on any atom is -0.322 e. The Morgan fingerprint density at radius 2 is 1.94 bits per heavy atom. The van der Waals surface area contributed by atoms with Gasteiger partial charge in [0.15, 0.2) is 10.3 Å². The van der Waals surface area contributed by atoms with Crippen LogP contribution in [0, 0.1) is 6.92 Å². The molecule has 2 aromatic carbocycles. The van der Waals surface area contributed by atoms with Crippen molar-refractivity contribution in [1.82, 2.24) is 14.5 Å². The third-order valence-electron chi connectivity index (χ3n) is 4.73. The number of nitrogens with one attached hydrogen (secondary N) is 1. The zero-order chi connectivity index (χ0) is 22.8. The van der Waals surface area contributed by atoms with Gasteiger partial charge < -0.3 is 5.32 Å². The van der Waals surface area contributed by atoms with Crippen LogP contribution in [0.2, 0.25) is 10.2 Å². The zero-order valence-electron chi connectivity index (χ0n) is 17.2. The Balaban J connectivity index is 1.76. The number of hydrogen-bond acceptors (Lipinski definition) is 5. The average molecular weight is 485 g/mol. The highest BCUT2D eigenvalue weighted by Crippen LogP contribution is 2.28. The van der Waals surface area contributed by atoms with E-state index in [1.165, 1.54) is 16.3 Å². The molecule has 32 heavy (non-hydrogen) atoms. The van der Waals surface area contributed by atoms with E-state index < -0.39 is 5.25 Å². The van der Waals surface area contributed by atoms with E-state index in [1.807, 2.05) is 31.2 Å². The summed E-state index contributed by atoms with van der Waals surface area (Å²) in [6.07, 6.45) is 1.54. The molecule has 0 radical (unpaired) electrons. The summed E-state index contributed by atoms with van der Waals surface area (Å²) in [7, 11) is 0. The first-order chi connectivity index (χ1) is 15.3. The number of amides is 1. The molecule has 4 rings (SSSR count). The first-order valence-corrected chi connectivity index (χ1v) is 11.3. The maximum atomic E-state index is 13.4. The molecule has 0 aliphatic carbocycles. The molecule has 1 atom stereocenters. The van der Waals surface area contributed by atoms with Crippen LogP contribution in [0.15, 0.2) is 70.7 Å². The molecule has 6 nitrogen and oxygen atoms in total. The van der Waals surface area contributed by atoms with Crippen molar-refractivity contribution in [1.29, 1.82) is 0 Å². The van der Waals surface area contributed by atoms with Crippen molar-refractivity contribution in [3.63, 3.8) is 0 Å². The number of halogens is 2. The molecule has 0 saturated heterocycles. The second-order valence-corrected chi connectivity index (χ2v) is 9.23. The molecular weight excluding hydrogens is 467 g/mol. The summed E-state index contributed by atoms with van der Waals surface area (Å²) in [6, 6.07) is 15.9. The van der Waals surface area contributed by atoms with Crippen LogP contribution in [0.25, 0.3) is 16.6 Å². The molecular formula is C23H18Cl2N4O2S. The standard InChI is InChI=1S/C23H18Cl2N4O2S/c1-13-5-3-6-16(11-13)29-22(31)17-9-8-15(24)12-19(17)28-23(29)32-14(2)21(30)27-18-7-4-10-26-20(18)25/h3-12,14H,1-2H3,(H,27,30). The number of fused-ring (bicyclic) bond motifs is 1. The molecule has 0 fully saturated rings. The van der Waals surface area contributed by atoms with Gasteiger partial charge in [-0.2, -0.15) is 0 Å². The summed E-state index contributed by atoms with van der Waals surface area (Å²) < 4.78 is 1.52. The number of carbonyl (C=O) groups excluding carboxylic acids is 1. The molecule has 162 valence electrons. The number of hydrogen-bond donors (Lipinski definition) is 1. The summed E-state index contributed by atoms with van der Waals surface area (Å²) in [5.74, 6) is -0.291. The Morgan fingerprint density at radius 1 is 1.12 bits per heavy atom. The van der Waals surface area contributed by atoms with Gasteiger partial charge >= 0.3 is 0 Å². The van der Waals surface area contributed by atoms with E-state index in [0.717, 1.165) is 5.56 Å². The van der Waals surface area contributed by atoms with Gasteiger partial charge in [-0.25, -0.2) is 9.97 Å². The first kappa shape index (κ1) is 22.3. The van der Waals surface area contributed by atoms with Crippen molar-refractivity contribution >= 4 is 57.5 Å². The van der Waals surface area contributed by atoms with Crippen molar-refractivity contribution in [2.24, 2.45) is 0 Å². The molecule has 9 heteroatoms. The number of benzene rings is 2. The van der Waals surface area contributed by atoms with Crippen LogP contribution >= 0.6 is 35.0 Å². The second kappa shape index (κ2) is 9.32. The molecule has 4 aromatic rings. The van der Waals surface area contributed by atoms with Gasteiger partial charge in [-0.15, -0.1) is 0 Å². The lowest BCUT2D eigenvalue weighted by molar-refractivity contribution is -0.115. The topological polar surface area (TPSA) is 76.9 Å². The van der Waals surface area contributed by atoms with E-state index in [4.69, 9.17) is 23.2 Å². The zero-order valence-corrected chi connectivity index (χ0v) is 19.5. The number of nitrogens with zero attached hydrogens (tertiary/aromatic N) is 3. The van der Waals surface area contributed by atoms with Gasteiger partial charge in [-0.3, -0.25) is 14.2 Å².